The van der Waals surface area contributed by atoms with Crippen molar-refractivity contribution in [3.63, 3.8) is 0 Å². The number of nitrogens with two attached hydrogens (primary N) is 1. The van der Waals surface area contributed by atoms with Crippen LogP contribution in [0.5, 0.6) is 0 Å². The predicted octanol–water partition coefficient (Wildman–Crippen LogP) is 1.78. The van der Waals surface area contributed by atoms with Crippen molar-refractivity contribution in [1.29, 1.82) is 0 Å². The molecule has 0 aliphatic rings. The van der Waals surface area contributed by atoms with E-state index in [9.17, 15) is 21.6 Å². The van der Waals surface area contributed by atoms with Crippen molar-refractivity contribution in [3.8, 4) is 11.8 Å². The first-order valence-corrected chi connectivity index (χ1v) is 11.4. The quantitative estimate of drug-likeness (QED) is 0.581. The van der Waals surface area contributed by atoms with Crippen LogP contribution in [-0.2, 0) is 19.9 Å². The van der Waals surface area contributed by atoms with Crippen molar-refractivity contribution in [2.45, 2.75) is 30.6 Å². The second-order valence-electron chi connectivity index (χ2n) is 7.11. The molecule has 148 valence electrons. The Morgan fingerprint density at radius 1 is 1.04 bits per heavy atom. The van der Waals surface area contributed by atoms with Gasteiger partial charge in [0, 0.05) is 17.2 Å². The molecule has 0 atom stereocenters. The van der Waals surface area contributed by atoms with Gasteiger partial charge < -0.3 is 0 Å². The van der Waals surface area contributed by atoms with Crippen molar-refractivity contribution >= 4 is 25.6 Å². The van der Waals surface area contributed by atoms with Crippen LogP contribution in [0.4, 0.5) is 0 Å². The fraction of sp³-hybridized carbons (Fsp3) is 0.263. The third-order valence-corrected chi connectivity index (χ3v) is 6.23. The lowest BCUT2D eigenvalue weighted by atomic mass is 9.98. The highest BCUT2D eigenvalue weighted by molar-refractivity contribution is 7.94. The molecule has 2 aromatic rings. The number of nitrogens with zero attached hydrogens (tertiary/aromatic N) is 1. The monoisotopic (exact) mass is 420 g/mol. The molecular formula is C19H20N2O5S2. The van der Waals surface area contributed by atoms with Gasteiger partial charge in [-0.15, -0.1) is 0 Å². The molecule has 0 bridgehead atoms. The maximum Gasteiger partial charge on any atom is 0.239 e. The van der Waals surface area contributed by atoms with Gasteiger partial charge in [0.1, 0.15) is 16.3 Å². The number of sulfone groups is 1. The largest absolute Gasteiger partial charge is 0.293 e. The van der Waals surface area contributed by atoms with Crippen LogP contribution >= 0.6 is 0 Å². The molecule has 0 saturated carbocycles. The van der Waals surface area contributed by atoms with Gasteiger partial charge in [-0.25, -0.2) is 27.0 Å². The molecule has 9 heteroatoms. The highest BCUT2D eigenvalue weighted by atomic mass is 32.2. The fourth-order valence-corrected chi connectivity index (χ4v) is 4.83. The number of Topliss-reactive ketones (excluding diaryl/α,β-unsaturated/α-hetero) is 1. The van der Waals surface area contributed by atoms with Gasteiger partial charge in [0.05, 0.1) is 4.90 Å². The van der Waals surface area contributed by atoms with Gasteiger partial charge in [-0.3, -0.25) is 4.79 Å². The second kappa shape index (κ2) is 7.83. The maximum atomic E-state index is 12.6. The van der Waals surface area contributed by atoms with Crippen molar-refractivity contribution in [1.82, 2.24) is 4.98 Å². The summed E-state index contributed by atoms with van der Waals surface area (Å²) in [5, 5.41) is 5.07. The Morgan fingerprint density at radius 3 is 2.14 bits per heavy atom. The van der Waals surface area contributed by atoms with Gasteiger partial charge in [-0.05, 0) is 51.0 Å². The lowest BCUT2D eigenvalue weighted by Gasteiger charge is -2.08. The summed E-state index contributed by atoms with van der Waals surface area (Å²) < 4.78 is 48.4. The predicted molar refractivity (Wildman–Crippen MR) is 105 cm³/mol. The van der Waals surface area contributed by atoms with Gasteiger partial charge in [0.25, 0.3) is 0 Å². The molecule has 1 aromatic heterocycles. The van der Waals surface area contributed by atoms with E-state index < -0.39 is 41.2 Å². The van der Waals surface area contributed by atoms with Crippen LogP contribution < -0.4 is 5.14 Å². The summed E-state index contributed by atoms with van der Waals surface area (Å²) in [7, 11) is -8.48. The van der Waals surface area contributed by atoms with E-state index in [2.05, 4.69) is 16.8 Å². The third-order valence-electron chi connectivity index (χ3n) is 3.46. The number of hydrogen-bond acceptors (Lipinski definition) is 6. The highest BCUT2D eigenvalue weighted by Crippen LogP contribution is 2.21. The standard InChI is InChI=1S/C19H20N2O5S2/c1-19(2,3)11-10-15-9-8-14(12-21-15)16(22)13-27(23,24)17-6-4-5-7-18(17)28(20,25)26/h4-9,12H,13H2,1-3H3,(H2,20,25,26). The van der Waals surface area contributed by atoms with Gasteiger partial charge in [-0.2, -0.15) is 0 Å². The Morgan fingerprint density at radius 2 is 1.64 bits per heavy atom. The second-order valence-corrected chi connectivity index (χ2v) is 10.6. The summed E-state index contributed by atoms with van der Waals surface area (Å²) in [4.78, 5) is 15.4. The number of rotatable bonds is 5. The number of sulfonamides is 1. The molecule has 0 aliphatic carbocycles. The van der Waals surface area contributed by atoms with Crippen molar-refractivity contribution in [2.24, 2.45) is 10.6 Å². The molecule has 0 amide bonds. The van der Waals surface area contributed by atoms with Gasteiger partial charge in [0.2, 0.25) is 10.0 Å². The van der Waals surface area contributed by atoms with E-state index in [1.54, 1.807) is 0 Å². The van der Waals surface area contributed by atoms with E-state index in [0.717, 1.165) is 12.1 Å². The molecule has 2 N–H and O–H groups in total. The van der Waals surface area contributed by atoms with Crippen LogP contribution in [0, 0.1) is 17.3 Å². The zero-order valence-electron chi connectivity index (χ0n) is 15.6. The van der Waals surface area contributed by atoms with Crippen LogP contribution in [-0.4, -0.2) is 33.4 Å². The number of carbonyl (C=O) groups excluding carboxylic acids is 1. The first-order valence-electron chi connectivity index (χ1n) is 8.17. The number of aromatic nitrogens is 1. The number of pyridine rings is 1. The molecule has 0 fully saturated rings. The Labute approximate surface area is 165 Å². The first kappa shape index (κ1) is 21.8. The molecule has 0 radical (unpaired) electrons. The number of carbonyl (C=O) groups is 1. The Hall–Kier alpha value is -2.54. The van der Waals surface area contributed by atoms with E-state index in [1.165, 1.54) is 30.5 Å². The minimum absolute atomic E-state index is 0.0815. The Kier molecular flexibility index (Phi) is 6.09. The normalized spacial score (nSPS) is 12.1. The van der Waals surface area contributed by atoms with E-state index in [-0.39, 0.29) is 11.0 Å². The zero-order valence-corrected chi connectivity index (χ0v) is 17.3. The summed E-state index contributed by atoms with van der Waals surface area (Å²) in [5.41, 5.74) is 0.327. The molecule has 1 aromatic carbocycles. The molecule has 28 heavy (non-hydrogen) atoms. The highest BCUT2D eigenvalue weighted by Gasteiger charge is 2.27. The number of ketones is 1. The Bertz CT molecular complexity index is 1170. The Balaban J connectivity index is 2.29. The summed E-state index contributed by atoms with van der Waals surface area (Å²) in [5.74, 6) is 4.26. The van der Waals surface area contributed by atoms with Crippen LogP contribution in [0.1, 0.15) is 36.8 Å². The molecule has 7 nitrogen and oxygen atoms in total. The summed E-state index contributed by atoms with van der Waals surface area (Å²) in [6.07, 6.45) is 1.25. The lowest BCUT2D eigenvalue weighted by Crippen LogP contribution is -2.21. The van der Waals surface area contributed by atoms with E-state index in [1.807, 2.05) is 20.8 Å². The van der Waals surface area contributed by atoms with Gasteiger partial charge in [0.15, 0.2) is 15.6 Å². The number of benzene rings is 1. The zero-order chi connectivity index (χ0) is 21.2. The molecule has 0 unspecified atom stereocenters. The molecule has 2 rings (SSSR count). The van der Waals surface area contributed by atoms with Gasteiger partial charge in [-0.1, -0.05) is 18.1 Å². The van der Waals surface area contributed by atoms with Crippen molar-refractivity contribution < 1.29 is 21.6 Å². The fourth-order valence-electron chi connectivity index (χ4n) is 2.16. The maximum absolute atomic E-state index is 12.6. The van der Waals surface area contributed by atoms with E-state index in [0.29, 0.717) is 5.69 Å². The minimum atomic E-state index is -4.26. The molecule has 0 spiro atoms. The topological polar surface area (TPSA) is 124 Å². The van der Waals surface area contributed by atoms with Crippen molar-refractivity contribution in [2.75, 3.05) is 5.75 Å². The van der Waals surface area contributed by atoms with Crippen molar-refractivity contribution in [3.05, 3.63) is 53.9 Å². The molecule has 0 saturated heterocycles. The summed E-state index contributed by atoms with van der Waals surface area (Å²) in [6.45, 7) is 5.84. The van der Waals surface area contributed by atoms with E-state index in [4.69, 9.17) is 5.14 Å². The average Bonchev–Trinajstić information content (AvgIpc) is 2.58. The first-order chi connectivity index (χ1) is 12.8. The molecule has 0 aliphatic heterocycles. The van der Waals surface area contributed by atoms with Crippen LogP contribution in [0.25, 0.3) is 0 Å². The smallest absolute Gasteiger partial charge is 0.239 e. The SMILES string of the molecule is CC(C)(C)C#Cc1ccc(C(=O)CS(=O)(=O)c2ccccc2S(N)(=O)=O)cn1. The average molecular weight is 421 g/mol. The molecule has 1 heterocycles. The van der Waals surface area contributed by atoms with Crippen LogP contribution in [0.2, 0.25) is 0 Å². The van der Waals surface area contributed by atoms with Crippen LogP contribution in [0.15, 0.2) is 52.4 Å². The minimum Gasteiger partial charge on any atom is -0.293 e. The number of primary sulfonamides is 1. The molecular weight excluding hydrogens is 400 g/mol. The number of hydrogen-bond donors (Lipinski definition) is 1. The van der Waals surface area contributed by atoms with Crippen LogP contribution in [0.3, 0.4) is 0 Å². The van der Waals surface area contributed by atoms with Gasteiger partial charge >= 0.3 is 0 Å². The lowest BCUT2D eigenvalue weighted by molar-refractivity contribution is 0.102. The third kappa shape index (κ3) is 5.73. The summed E-state index contributed by atoms with van der Waals surface area (Å²) in [6, 6.07) is 7.85. The van der Waals surface area contributed by atoms with E-state index >= 15 is 0 Å². The summed E-state index contributed by atoms with van der Waals surface area (Å²) >= 11 is 0.